The number of anilines is 1. The molecule has 0 aliphatic rings. The molecule has 0 saturated heterocycles. The Morgan fingerprint density at radius 1 is 1.21 bits per heavy atom. The number of rotatable bonds is 10. The fraction of sp³-hybridized carbons (Fsp3) is 0.200. The molecule has 0 atom stereocenters. The molecule has 0 fully saturated rings. The normalized spacial score (nSPS) is 10.8. The van der Waals surface area contributed by atoms with Crippen molar-refractivity contribution in [1.82, 2.24) is 19.7 Å². The molecule has 0 saturated carbocycles. The van der Waals surface area contributed by atoms with E-state index in [1.165, 1.54) is 23.1 Å². The molecule has 9 heteroatoms. The van der Waals surface area contributed by atoms with Gasteiger partial charge < -0.3 is 10.1 Å². The molecule has 4 aromatic rings. The van der Waals surface area contributed by atoms with E-state index in [1.807, 2.05) is 66.3 Å². The minimum atomic E-state index is -0.152. The third kappa shape index (κ3) is 5.92. The monoisotopic (exact) mass is 491 g/mol. The van der Waals surface area contributed by atoms with Crippen LogP contribution in [0, 0.1) is 13.8 Å². The summed E-state index contributed by atoms with van der Waals surface area (Å²) in [6.45, 7) is 8.66. The first-order valence-electron chi connectivity index (χ1n) is 10.7. The number of thiazole rings is 1. The van der Waals surface area contributed by atoms with Crippen LogP contribution in [0.4, 0.5) is 5.13 Å². The number of allylic oxidation sites excluding steroid dienone is 1. The van der Waals surface area contributed by atoms with Gasteiger partial charge in [0, 0.05) is 17.5 Å². The van der Waals surface area contributed by atoms with Crippen molar-refractivity contribution in [2.45, 2.75) is 32.2 Å². The Morgan fingerprint density at radius 3 is 2.82 bits per heavy atom. The molecule has 4 rings (SSSR count). The molecule has 2 aromatic carbocycles. The van der Waals surface area contributed by atoms with Gasteiger partial charge in [-0.3, -0.25) is 9.36 Å². The minimum absolute atomic E-state index is 0.152. The van der Waals surface area contributed by atoms with Crippen molar-refractivity contribution in [3.63, 3.8) is 0 Å². The molecule has 0 spiro atoms. The maximum Gasteiger partial charge on any atom is 0.236 e. The zero-order chi connectivity index (χ0) is 23.9. The number of hydrogen-bond acceptors (Lipinski definition) is 7. The highest BCUT2D eigenvalue weighted by Gasteiger charge is 2.15. The highest BCUT2D eigenvalue weighted by Crippen LogP contribution is 2.25. The summed E-state index contributed by atoms with van der Waals surface area (Å²) in [4.78, 5) is 17.0. The van der Waals surface area contributed by atoms with Gasteiger partial charge in [0.25, 0.3) is 0 Å². The molecule has 1 N–H and O–H groups in total. The first-order valence-corrected chi connectivity index (χ1v) is 12.6. The number of thioether (sulfide) groups is 1. The van der Waals surface area contributed by atoms with Crippen LogP contribution >= 0.6 is 23.1 Å². The maximum absolute atomic E-state index is 12.5. The van der Waals surface area contributed by atoms with Crippen LogP contribution in [-0.4, -0.2) is 31.4 Å². The summed E-state index contributed by atoms with van der Waals surface area (Å²) < 4.78 is 7.90. The van der Waals surface area contributed by atoms with Crippen molar-refractivity contribution in [3.8, 4) is 17.0 Å². The fourth-order valence-electron chi connectivity index (χ4n) is 3.21. The summed E-state index contributed by atoms with van der Waals surface area (Å²) in [5, 5.41) is 14.5. The first-order chi connectivity index (χ1) is 16.5. The lowest BCUT2D eigenvalue weighted by Crippen LogP contribution is -2.15. The van der Waals surface area contributed by atoms with Crippen LogP contribution in [-0.2, 0) is 17.9 Å². The van der Waals surface area contributed by atoms with Gasteiger partial charge in [-0.15, -0.1) is 28.1 Å². The number of aryl methyl sites for hydroxylation is 2. The molecule has 2 heterocycles. The second-order valence-electron chi connectivity index (χ2n) is 7.60. The molecule has 0 bridgehead atoms. The highest BCUT2D eigenvalue weighted by atomic mass is 32.2. The number of benzene rings is 2. The zero-order valence-electron chi connectivity index (χ0n) is 19.0. The van der Waals surface area contributed by atoms with Gasteiger partial charge >= 0.3 is 0 Å². The molecular formula is C25H25N5O2S2. The number of aromatic nitrogens is 4. The molecule has 34 heavy (non-hydrogen) atoms. The third-order valence-electron chi connectivity index (χ3n) is 4.96. The van der Waals surface area contributed by atoms with Crippen molar-refractivity contribution in [1.29, 1.82) is 0 Å². The lowest BCUT2D eigenvalue weighted by atomic mass is 10.1. The van der Waals surface area contributed by atoms with Gasteiger partial charge in [-0.05, 0) is 31.0 Å². The Morgan fingerprint density at radius 2 is 2.03 bits per heavy atom. The zero-order valence-corrected chi connectivity index (χ0v) is 20.7. The van der Waals surface area contributed by atoms with Crippen LogP contribution in [0.3, 0.4) is 0 Å². The average molecular weight is 492 g/mol. The molecule has 174 valence electrons. The van der Waals surface area contributed by atoms with E-state index in [-0.39, 0.29) is 18.3 Å². The molecule has 0 aliphatic heterocycles. The topological polar surface area (TPSA) is 81.9 Å². The standard InChI is InChI=1S/C25H25N5O2S2/c1-4-12-30-22(14-32-21-13-17(2)10-11-18(21)3)28-29-25(30)34-16-23(31)27-24-26-20(15-33-24)19-8-6-5-7-9-19/h4-11,13,15H,1,12,14,16H2,2-3H3,(H,26,27,31). The number of amides is 1. The number of carbonyl (C=O) groups is 1. The van der Waals surface area contributed by atoms with Gasteiger partial charge in [-0.2, -0.15) is 0 Å². The Kier molecular flexibility index (Phi) is 7.76. The quantitative estimate of drug-likeness (QED) is 0.233. The summed E-state index contributed by atoms with van der Waals surface area (Å²) in [6.07, 6.45) is 1.77. The smallest absolute Gasteiger partial charge is 0.236 e. The lowest BCUT2D eigenvalue weighted by molar-refractivity contribution is -0.113. The van der Waals surface area contributed by atoms with Crippen LogP contribution in [0.15, 0.2) is 71.7 Å². The van der Waals surface area contributed by atoms with E-state index in [9.17, 15) is 4.79 Å². The molecule has 0 aliphatic carbocycles. The number of nitrogens with one attached hydrogen (secondary N) is 1. The SMILES string of the molecule is C=CCn1c(COc2cc(C)ccc2C)nnc1SCC(=O)Nc1nc(-c2ccccc2)cs1. The fourth-order valence-corrected chi connectivity index (χ4v) is 4.71. The van der Waals surface area contributed by atoms with Crippen molar-refractivity contribution in [3.05, 3.63) is 83.5 Å². The van der Waals surface area contributed by atoms with Gasteiger partial charge in [-0.25, -0.2) is 4.98 Å². The van der Waals surface area contributed by atoms with Crippen LogP contribution in [0.1, 0.15) is 17.0 Å². The number of nitrogens with zero attached hydrogens (tertiary/aromatic N) is 4. The second kappa shape index (κ2) is 11.1. The number of ether oxygens (including phenoxy) is 1. The van der Waals surface area contributed by atoms with Gasteiger partial charge in [0.15, 0.2) is 16.1 Å². The van der Waals surface area contributed by atoms with Gasteiger partial charge in [-0.1, -0.05) is 60.3 Å². The van der Waals surface area contributed by atoms with Crippen LogP contribution in [0.25, 0.3) is 11.3 Å². The molecule has 1 amide bonds. The predicted octanol–water partition coefficient (Wildman–Crippen LogP) is 5.51. The Bertz CT molecular complexity index is 1280. The largest absolute Gasteiger partial charge is 0.485 e. The highest BCUT2D eigenvalue weighted by molar-refractivity contribution is 7.99. The Hall–Kier alpha value is -3.43. The summed E-state index contributed by atoms with van der Waals surface area (Å²) in [5.74, 6) is 1.53. The van der Waals surface area contributed by atoms with Crippen molar-refractivity contribution < 1.29 is 9.53 Å². The number of hydrogen-bond donors (Lipinski definition) is 1. The molecule has 0 unspecified atom stereocenters. The summed E-state index contributed by atoms with van der Waals surface area (Å²) in [5.41, 5.74) is 4.05. The van der Waals surface area contributed by atoms with E-state index in [2.05, 4.69) is 33.1 Å². The van der Waals surface area contributed by atoms with E-state index in [0.717, 1.165) is 28.1 Å². The van der Waals surface area contributed by atoms with Crippen molar-refractivity contribution in [2.75, 3.05) is 11.1 Å². The van der Waals surface area contributed by atoms with Crippen LogP contribution in [0.5, 0.6) is 5.75 Å². The molecule has 0 radical (unpaired) electrons. The summed E-state index contributed by atoms with van der Waals surface area (Å²) in [6, 6.07) is 16.0. The Balaban J connectivity index is 1.36. The van der Waals surface area contributed by atoms with E-state index in [0.29, 0.717) is 22.7 Å². The second-order valence-corrected chi connectivity index (χ2v) is 9.40. The van der Waals surface area contributed by atoms with Crippen LogP contribution in [0.2, 0.25) is 0 Å². The van der Waals surface area contributed by atoms with E-state index >= 15 is 0 Å². The van der Waals surface area contributed by atoms with E-state index in [4.69, 9.17) is 4.74 Å². The molecule has 7 nitrogen and oxygen atoms in total. The average Bonchev–Trinajstić information content (AvgIpc) is 3.46. The maximum atomic E-state index is 12.5. The van der Waals surface area contributed by atoms with Crippen LogP contribution < -0.4 is 10.1 Å². The third-order valence-corrected chi connectivity index (χ3v) is 6.68. The Labute approximate surface area is 206 Å². The van der Waals surface area contributed by atoms with Crippen molar-refractivity contribution >= 4 is 34.1 Å². The van der Waals surface area contributed by atoms with E-state index in [1.54, 1.807) is 6.08 Å². The molecular weight excluding hydrogens is 466 g/mol. The summed E-state index contributed by atoms with van der Waals surface area (Å²) >= 11 is 2.72. The van der Waals surface area contributed by atoms with Crippen molar-refractivity contribution in [2.24, 2.45) is 0 Å². The lowest BCUT2D eigenvalue weighted by Gasteiger charge is -2.11. The van der Waals surface area contributed by atoms with E-state index < -0.39 is 0 Å². The summed E-state index contributed by atoms with van der Waals surface area (Å²) in [7, 11) is 0. The van der Waals surface area contributed by atoms with Gasteiger partial charge in [0.1, 0.15) is 12.4 Å². The first kappa shape index (κ1) is 23.7. The minimum Gasteiger partial charge on any atom is -0.485 e. The van der Waals surface area contributed by atoms with Gasteiger partial charge in [0.2, 0.25) is 5.91 Å². The predicted molar refractivity (Wildman–Crippen MR) is 137 cm³/mol. The number of carbonyl (C=O) groups excluding carboxylic acids is 1. The van der Waals surface area contributed by atoms with Gasteiger partial charge in [0.05, 0.1) is 11.4 Å². The molecule has 2 aromatic heterocycles.